The van der Waals surface area contributed by atoms with Gasteiger partial charge in [-0.1, -0.05) is 0 Å². The third-order valence-corrected chi connectivity index (χ3v) is 4.20. The van der Waals surface area contributed by atoms with Gasteiger partial charge in [0.25, 0.3) is 0 Å². The van der Waals surface area contributed by atoms with E-state index < -0.39 is 74.3 Å². The van der Waals surface area contributed by atoms with E-state index in [2.05, 4.69) is 25.1 Å². The van der Waals surface area contributed by atoms with Crippen LogP contribution in [-0.4, -0.2) is 89.8 Å². The van der Waals surface area contributed by atoms with Gasteiger partial charge in [0.2, 0.25) is 52.0 Å². The average molecular weight is 739 g/mol. The van der Waals surface area contributed by atoms with Gasteiger partial charge in [0.1, 0.15) is 0 Å². The van der Waals surface area contributed by atoms with E-state index in [0.29, 0.717) is 0 Å². The Bertz CT molecular complexity index is 1080. The molecule has 24 nitrogen and oxygen atoms in total. The van der Waals surface area contributed by atoms with E-state index in [4.69, 9.17) is 4.55 Å². The molecule has 0 unspecified atom stereocenters. The molecule has 0 bridgehead atoms. The molecule has 0 aromatic rings. The normalized spacial score (nSPS) is 13.1. The summed E-state index contributed by atoms with van der Waals surface area (Å²) in [5.41, 5.74) is 0. The maximum atomic E-state index is 10.9. The van der Waals surface area contributed by atoms with Gasteiger partial charge in [-0.15, -0.1) is 0 Å². The second-order valence-corrected chi connectivity index (χ2v) is 10.0. The predicted octanol–water partition coefficient (Wildman–Crippen LogP) is -24.5. The van der Waals surface area contributed by atoms with Crippen LogP contribution in [0.3, 0.4) is 0 Å². The Labute approximate surface area is 347 Å². The first kappa shape index (κ1) is 58.7. The van der Waals surface area contributed by atoms with Gasteiger partial charge in [-0.2, -0.15) is 12.6 Å². The third kappa shape index (κ3) is 26.4. The van der Waals surface area contributed by atoms with E-state index in [0.717, 1.165) is 0 Å². The van der Waals surface area contributed by atoms with Crippen LogP contribution < -0.4 is 177 Å². The van der Waals surface area contributed by atoms with Crippen molar-refractivity contribution in [1.29, 1.82) is 0 Å². The Morgan fingerprint density at radius 3 is 0.605 bits per heavy atom. The molecule has 0 saturated carbocycles. The zero-order chi connectivity index (χ0) is 26.2. The van der Waals surface area contributed by atoms with E-state index >= 15 is 0 Å². The molecule has 0 aliphatic heterocycles. The average Bonchev–Trinajstić information content (AvgIpc) is 2.23. The van der Waals surface area contributed by atoms with E-state index in [1.165, 1.54) is 0 Å². The number of rotatable bonds is 13. The summed E-state index contributed by atoms with van der Waals surface area (Å²) in [5.74, 6) is -12.5. The molecule has 0 aromatic carbocycles. The molecular formula is C2HNa6O24S6+. The Morgan fingerprint density at radius 2 is 0.500 bits per heavy atom. The molecule has 0 atom stereocenters. The van der Waals surface area contributed by atoms with Crippen molar-refractivity contribution >= 4 is 62.4 Å². The minimum atomic E-state index is -7.09. The molecule has 1 N–H and O–H groups in total. The minimum absolute atomic E-state index is 0. The Kier molecular flexibility index (Phi) is 31.6. The van der Waals surface area contributed by atoms with Crippen LogP contribution >= 0.6 is 0 Å². The van der Waals surface area contributed by atoms with Crippen molar-refractivity contribution in [3.8, 4) is 0 Å². The molecule has 0 heterocycles. The minimum Gasteiger partial charge on any atom is -0.725 e. The molecule has 0 rings (SSSR count). The fourth-order valence-electron chi connectivity index (χ4n) is 1.20. The maximum Gasteiger partial charge on any atom is 1.00 e. The van der Waals surface area contributed by atoms with Crippen molar-refractivity contribution in [2.75, 3.05) is 0 Å². The standard InChI is InChI=1S/C2H6O24S6.6Na/c3-27(4,5)21-1(22-28(6,7)8,23-29(9,10)11)2(24-30(12,13)14,25-31(15,16)17)26-32(18,19)20;;;;;;/h(H,3,4,5)(H,6,7,8)(H,9,10,11)(H,12,13,14)(H,15,16,17)(H,18,19,20);;;;;;/q;6*+1/p-5. The van der Waals surface area contributed by atoms with Crippen LogP contribution in [0.5, 0.6) is 0 Å². The summed E-state index contributed by atoms with van der Waals surface area (Å²) in [6.07, 6.45) is 0. The van der Waals surface area contributed by atoms with Crippen molar-refractivity contribution in [2.45, 2.75) is 11.9 Å². The van der Waals surface area contributed by atoms with Crippen LogP contribution in [0.15, 0.2) is 0 Å². The fraction of sp³-hybridized carbons (Fsp3) is 1.00. The van der Waals surface area contributed by atoms with E-state index in [9.17, 15) is 73.3 Å². The smallest absolute Gasteiger partial charge is 0.725 e. The van der Waals surface area contributed by atoms with Gasteiger partial charge >= 0.3 is 200 Å². The SMILES string of the molecule is O=S(=O)([O-])OC(OS(=O)(=O)[O-])(OS(=O)(=O)[O-])C(OS(=O)(=O)[O-])(OS(=O)(=O)[O-])OS(=O)(=O)O.[Na+].[Na+].[Na+].[Na+].[Na+].[Na+]. The summed E-state index contributed by atoms with van der Waals surface area (Å²) >= 11 is 0. The van der Waals surface area contributed by atoms with E-state index in [1.54, 1.807) is 0 Å². The van der Waals surface area contributed by atoms with Crippen molar-refractivity contribution < 1.29 is 280 Å². The predicted molar refractivity (Wildman–Crippen MR) is 72.0 cm³/mol. The number of hydrogen-bond donors (Lipinski definition) is 1. The van der Waals surface area contributed by atoms with Gasteiger partial charge in [0.05, 0.1) is 0 Å². The summed E-state index contributed by atoms with van der Waals surface area (Å²) in [6.45, 7) is 0. The Hall–Kier alpha value is 5.22. The van der Waals surface area contributed by atoms with Gasteiger partial charge in [-0.3, -0.25) is 4.55 Å². The van der Waals surface area contributed by atoms with Crippen LogP contribution in [-0.2, 0) is 87.5 Å². The van der Waals surface area contributed by atoms with Crippen molar-refractivity contribution in [2.24, 2.45) is 0 Å². The van der Waals surface area contributed by atoms with Gasteiger partial charge in [0.15, 0.2) is 0 Å². The van der Waals surface area contributed by atoms with Gasteiger partial charge < -0.3 is 22.8 Å². The largest absolute Gasteiger partial charge is 1.00 e. The molecule has 0 aliphatic rings. The molecule has 0 aliphatic carbocycles. The Balaban J connectivity index is -0.000000320. The second kappa shape index (κ2) is 20.5. The summed E-state index contributed by atoms with van der Waals surface area (Å²) in [5, 5.41) is 0. The molecule has 0 fully saturated rings. The zero-order valence-corrected chi connectivity index (χ0v) is 36.2. The molecular weight excluding hydrogens is 738 g/mol. The summed E-state index contributed by atoms with van der Waals surface area (Å²) in [6, 6.07) is 0. The first-order valence-corrected chi connectivity index (χ1v) is 13.5. The fourth-order valence-corrected chi connectivity index (χ4v) is 4.10. The molecule has 0 aromatic heterocycles. The third-order valence-electron chi connectivity index (χ3n) is 1.65. The maximum absolute atomic E-state index is 10.9. The molecule has 38 heavy (non-hydrogen) atoms. The Morgan fingerprint density at radius 1 is 0.368 bits per heavy atom. The molecule has 36 heteroatoms. The molecule has 0 amide bonds. The van der Waals surface area contributed by atoms with Crippen LogP contribution in [0.2, 0.25) is 0 Å². The van der Waals surface area contributed by atoms with Crippen LogP contribution in [0, 0.1) is 0 Å². The quantitative estimate of drug-likeness (QED) is 0.0792. The molecule has 0 radical (unpaired) electrons. The topological polar surface area (TPSA) is 396 Å². The van der Waals surface area contributed by atoms with E-state index in [-0.39, 0.29) is 177 Å². The van der Waals surface area contributed by atoms with Gasteiger partial charge in [-0.05, 0) is 0 Å². The van der Waals surface area contributed by atoms with Gasteiger partial charge in [-0.25, -0.2) is 63.0 Å². The number of hydrogen-bond acceptors (Lipinski definition) is 23. The molecule has 0 saturated heterocycles. The summed E-state index contributed by atoms with van der Waals surface area (Å²) in [7, 11) is -42.3. The zero-order valence-electron chi connectivity index (χ0n) is 19.3. The first-order chi connectivity index (χ1) is 13.5. The van der Waals surface area contributed by atoms with Crippen LogP contribution in [0.25, 0.3) is 0 Å². The van der Waals surface area contributed by atoms with Crippen molar-refractivity contribution in [3.63, 3.8) is 0 Å². The summed E-state index contributed by atoms with van der Waals surface area (Å²) < 4.78 is 209. The summed E-state index contributed by atoms with van der Waals surface area (Å²) in [4.78, 5) is 0. The molecule has 194 valence electrons. The van der Waals surface area contributed by atoms with Gasteiger partial charge in [0, 0.05) is 0 Å². The molecule has 0 spiro atoms. The second-order valence-electron chi connectivity index (χ2n) is 4.08. The van der Waals surface area contributed by atoms with Crippen molar-refractivity contribution in [3.05, 3.63) is 0 Å². The first-order valence-electron chi connectivity index (χ1n) is 5.49. The monoisotopic (exact) mass is 739 g/mol. The van der Waals surface area contributed by atoms with Crippen LogP contribution in [0.1, 0.15) is 0 Å². The van der Waals surface area contributed by atoms with E-state index in [1.807, 2.05) is 0 Å². The van der Waals surface area contributed by atoms with Crippen LogP contribution in [0.4, 0.5) is 0 Å². The van der Waals surface area contributed by atoms with Crippen molar-refractivity contribution in [1.82, 2.24) is 0 Å².